The Labute approximate surface area is 165 Å². The number of fused-ring (bicyclic) bond motifs is 2. The number of piperidine rings is 1. The smallest absolute Gasteiger partial charge is 0.254 e. The lowest BCUT2D eigenvalue weighted by Gasteiger charge is -2.45. The molecule has 2 aliphatic heterocycles. The molecule has 3 heterocycles. The molecular formula is C22H28N2O4. The van der Waals surface area contributed by atoms with Crippen LogP contribution in [0, 0.1) is 0 Å². The van der Waals surface area contributed by atoms with Gasteiger partial charge in [-0.1, -0.05) is 6.07 Å². The molecule has 4 rings (SSSR count). The zero-order chi connectivity index (χ0) is 19.7. The molecule has 1 fully saturated rings. The summed E-state index contributed by atoms with van der Waals surface area (Å²) in [6.45, 7) is 3.20. The van der Waals surface area contributed by atoms with Gasteiger partial charge in [0.15, 0.2) is 11.5 Å². The molecule has 6 nitrogen and oxygen atoms in total. The first-order valence-electron chi connectivity index (χ1n) is 9.82. The van der Waals surface area contributed by atoms with Crippen LogP contribution < -0.4 is 15.0 Å². The van der Waals surface area contributed by atoms with Crippen LogP contribution in [0.2, 0.25) is 0 Å². The summed E-state index contributed by atoms with van der Waals surface area (Å²) in [7, 11) is 5.14. The van der Waals surface area contributed by atoms with Gasteiger partial charge in [0.25, 0.3) is 5.56 Å². The van der Waals surface area contributed by atoms with Crippen molar-refractivity contribution < 1.29 is 14.2 Å². The van der Waals surface area contributed by atoms with Gasteiger partial charge in [-0.25, -0.2) is 0 Å². The van der Waals surface area contributed by atoms with Crippen molar-refractivity contribution in [1.29, 1.82) is 0 Å². The van der Waals surface area contributed by atoms with Crippen LogP contribution in [-0.4, -0.2) is 43.4 Å². The fraction of sp³-hybridized carbons (Fsp3) is 0.500. The summed E-state index contributed by atoms with van der Waals surface area (Å²) in [4.78, 5) is 14.7. The first-order valence-corrected chi connectivity index (χ1v) is 9.82. The van der Waals surface area contributed by atoms with Crippen LogP contribution >= 0.6 is 0 Å². The number of aryl methyl sites for hydroxylation is 1. The Balaban J connectivity index is 1.55. The third-order valence-electron chi connectivity index (χ3n) is 6.11. The summed E-state index contributed by atoms with van der Waals surface area (Å²) in [5.41, 5.74) is 3.17. The topological polar surface area (TPSA) is 52.9 Å². The predicted molar refractivity (Wildman–Crippen MR) is 107 cm³/mol. The summed E-state index contributed by atoms with van der Waals surface area (Å²) in [5.74, 6) is 1.52. The molecule has 1 spiro atoms. The first-order chi connectivity index (χ1) is 13.6. The number of hydrogen-bond acceptors (Lipinski definition) is 5. The highest BCUT2D eigenvalue weighted by atomic mass is 16.5. The van der Waals surface area contributed by atoms with Gasteiger partial charge >= 0.3 is 0 Å². The van der Waals surface area contributed by atoms with Crippen molar-refractivity contribution in [3.05, 3.63) is 57.5 Å². The van der Waals surface area contributed by atoms with Crippen molar-refractivity contribution >= 4 is 0 Å². The lowest BCUT2D eigenvalue weighted by Crippen LogP contribution is -2.46. The van der Waals surface area contributed by atoms with Gasteiger partial charge in [-0.3, -0.25) is 9.69 Å². The second-order valence-corrected chi connectivity index (χ2v) is 7.68. The standard InChI is InChI=1S/C22H28N2O4/c1-23-9-4-5-17(21(23)25)15-24-10-7-22(8-11-24)18-14-20(27-3)19(26-2)13-16(18)6-12-28-22/h4-5,9,13-14H,6-8,10-12,15H2,1-3H3. The molecule has 0 atom stereocenters. The summed E-state index contributed by atoms with van der Waals surface area (Å²) in [6, 6.07) is 8.05. The van der Waals surface area contributed by atoms with Crippen LogP contribution in [0.1, 0.15) is 29.5 Å². The average molecular weight is 384 g/mol. The first kappa shape index (κ1) is 19.0. The van der Waals surface area contributed by atoms with E-state index >= 15 is 0 Å². The summed E-state index contributed by atoms with van der Waals surface area (Å²) in [6.07, 6.45) is 4.50. The van der Waals surface area contributed by atoms with E-state index in [1.54, 1.807) is 32.0 Å². The van der Waals surface area contributed by atoms with Gasteiger partial charge in [0.2, 0.25) is 0 Å². The van der Waals surface area contributed by atoms with Gasteiger partial charge in [-0.15, -0.1) is 0 Å². The number of aromatic nitrogens is 1. The van der Waals surface area contributed by atoms with Crippen LogP contribution in [0.3, 0.4) is 0 Å². The largest absolute Gasteiger partial charge is 0.493 e. The van der Waals surface area contributed by atoms with Crippen molar-refractivity contribution in [2.75, 3.05) is 33.9 Å². The minimum atomic E-state index is -0.273. The van der Waals surface area contributed by atoms with Gasteiger partial charge in [-0.2, -0.15) is 0 Å². The zero-order valence-electron chi connectivity index (χ0n) is 16.9. The second kappa shape index (κ2) is 7.60. The molecule has 0 saturated carbocycles. The molecule has 0 N–H and O–H groups in total. The highest BCUT2D eigenvalue weighted by molar-refractivity contribution is 5.50. The van der Waals surface area contributed by atoms with Crippen molar-refractivity contribution in [2.45, 2.75) is 31.4 Å². The fourth-order valence-electron chi connectivity index (χ4n) is 4.49. The average Bonchev–Trinajstić information content (AvgIpc) is 2.72. The molecule has 2 aromatic rings. The molecule has 6 heteroatoms. The molecule has 0 unspecified atom stereocenters. The van der Waals surface area contributed by atoms with Crippen molar-refractivity contribution in [3.63, 3.8) is 0 Å². The fourth-order valence-corrected chi connectivity index (χ4v) is 4.49. The van der Waals surface area contributed by atoms with E-state index in [0.29, 0.717) is 6.54 Å². The minimum Gasteiger partial charge on any atom is -0.493 e. The van der Waals surface area contributed by atoms with Crippen LogP contribution in [0.4, 0.5) is 0 Å². The Kier molecular flexibility index (Phi) is 5.17. The molecular weight excluding hydrogens is 356 g/mol. The number of hydrogen-bond donors (Lipinski definition) is 0. The molecule has 1 aromatic carbocycles. The molecule has 0 bridgehead atoms. The molecule has 2 aliphatic rings. The zero-order valence-corrected chi connectivity index (χ0v) is 16.9. The van der Waals surface area contributed by atoms with E-state index in [-0.39, 0.29) is 11.2 Å². The number of benzene rings is 1. The van der Waals surface area contributed by atoms with E-state index in [1.165, 1.54) is 11.1 Å². The third kappa shape index (κ3) is 3.31. The predicted octanol–water partition coefficient (Wildman–Crippen LogP) is 2.47. The van der Waals surface area contributed by atoms with E-state index < -0.39 is 0 Å². The van der Waals surface area contributed by atoms with Gasteiger partial charge in [0, 0.05) is 38.4 Å². The van der Waals surface area contributed by atoms with Crippen LogP contribution in [0.15, 0.2) is 35.3 Å². The molecule has 28 heavy (non-hydrogen) atoms. The van der Waals surface area contributed by atoms with Gasteiger partial charge in [0.05, 0.1) is 26.4 Å². The summed E-state index contributed by atoms with van der Waals surface area (Å²) >= 11 is 0. The maximum Gasteiger partial charge on any atom is 0.254 e. The van der Waals surface area contributed by atoms with Crippen LogP contribution in [0.5, 0.6) is 11.5 Å². The van der Waals surface area contributed by atoms with E-state index in [1.807, 2.05) is 12.1 Å². The van der Waals surface area contributed by atoms with Crippen molar-refractivity contribution in [2.24, 2.45) is 7.05 Å². The maximum absolute atomic E-state index is 12.3. The quantitative estimate of drug-likeness (QED) is 0.811. The Bertz CT molecular complexity index is 913. The normalized spacial score (nSPS) is 18.7. The van der Waals surface area contributed by atoms with Gasteiger partial charge in [0.1, 0.15) is 0 Å². The van der Waals surface area contributed by atoms with E-state index in [4.69, 9.17) is 14.2 Å². The third-order valence-corrected chi connectivity index (χ3v) is 6.11. The molecule has 150 valence electrons. The summed E-state index contributed by atoms with van der Waals surface area (Å²) < 4.78 is 19.0. The maximum atomic E-state index is 12.3. The molecule has 0 amide bonds. The van der Waals surface area contributed by atoms with Crippen LogP contribution in [-0.2, 0) is 30.4 Å². The molecule has 0 aliphatic carbocycles. The minimum absolute atomic E-state index is 0.0823. The Hall–Kier alpha value is -2.31. The highest BCUT2D eigenvalue weighted by Gasteiger charge is 2.41. The molecule has 1 aromatic heterocycles. The number of methoxy groups -OCH3 is 2. The summed E-state index contributed by atoms with van der Waals surface area (Å²) in [5, 5.41) is 0. The van der Waals surface area contributed by atoms with E-state index in [2.05, 4.69) is 17.0 Å². The molecule has 1 saturated heterocycles. The lowest BCUT2D eigenvalue weighted by molar-refractivity contribution is -0.0991. The number of rotatable bonds is 4. The Morgan fingerprint density at radius 3 is 2.57 bits per heavy atom. The van der Waals surface area contributed by atoms with Crippen molar-refractivity contribution in [1.82, 2.24) is 9.47 Å². The second-order valence-electron chi connectivity index (χ2n) is 7.68. The van der Waals surface area contributed by atoms with E-state index in [0.717, 1.165) is 56.0 Å². The number of nitrogens with zero attached hydrogens (tertiary/aromatic N) is 2. The van der Waals surface area contributed by atoms with Gasteiger partial charge < -0.3 is 18.8 Å². The number of ether oxygens (including phenoxy) is 3. The van der Waals surface area contributed by atoms with Gasteiger partial charge in [-0.05, 0) is 48.6 Å². The molecule has 0 radical (unpaired) electrons. The number of likely N-dealkylation sites (tertiary alicyclic amines) is 1. The lowest BCUT2D eigenvalue weighted by atomic mass is 9.79. The highest BCUT2D eigenvalue weighted by Crippen LogP contribution is 2.45. The monoisotopic (exact) mass is 384 g/mol. The SMILES string of the molecule is COc1cc2c(cc1OC)C1(CCN(Cc3cccn(C)c3=O)CC1)OCC2. The van der Waals surface area contributed by atoms with Crippen molar-refractivity contribution in [3.8, 4) is 11.5 Å². The Morgan fingerprint density at radius 2 is 1.86 bits per heavy atom. The van der Waals surface area contributed by atoms with E-state index in [9.17, 15) is 4.79 Å². The van der Waals surface area contributed by atoms with Crippen LogP contribution in [0.25, 0.3) is 0 Å². The Morgan fingerprint density at radius 1 is 1.14 bits per heavy atom. The number of pyridine rings is 1.